The first-order valence-corrected chi connectivity index (χ1v) is 3.71. The molecule has 82 valence electrons. The molecule has 0 radical (unpaired) electrons. The molecule has 0 saturated heterocycles. The normalized spacial score (nSPS) is 10.1. The van der Waals surface area contributed by atoms with E-state index in [1.807, 2.05) is 0 Å². The molecule has 4 N–H and O–H groups in total. The molecule has 0 saturated carbocycles. The second-order valence-corrected chi connectivity index (χ2v) is 2.34. The maximum Gasteiger partial charge on any atom is 0.323 e. The lowest BCUT2D eigenvalue weighted by Crippen LogP contribution is -2.47. The van der Waals surface area contributed by atoms with Gasteiger partial charge in [0.05, 0.1) is 13.2 Å². The van der Waals surface area contributed by atoms with Crippen LogP contribution in [-0.4, -0.2) is 47.9 Å². The van der Waals surface area contributed by atoms with Crippen LogP contribution in [0.3, 0.4) is 0 Å². The van der Waals surface area contributed by atoms with Crippen molar-refractivity contribution in [1.29, 1.82) is 0 Å². The van der Waals surface area contributed by atoms with Crippen molar-refractivity contribution in [3.8, 4) is 0 Å². The fourth-order valence-corrected chi connectivity index (χ4v) is 0.768. The monoisotopic (exact) mass is 211 g/mol. The van der Waals surface area contributed by atoms with E-state index < -0.39 is 31.4 Å². The maximum absolute atomic E-state index is 11.9. The minimum absolute atomic E-state index is 0.337. The van der Waals surface area contributed by atoms with Gasteiger partial charge in [0.15, 0.2) is 0 Å². The van der Waals surface area contributed by atoms with Crippen molar-refractivity contribution in [3.63, 3.8) is 0 Å². The van der Waals surface area contributed by atoms with Crippen LogP contribution in [0, 0.1) is 0 Å². The fourth-order valence-electron chi connectivity index (χ4n) is 0.768. The highest BCUT2D eigenvalue weighted by Crippen LogP contribution is 1.98. The molecule has 0 bridgehead atoms. The second kappa shape index (κ2) is 6.22. The number of halogens is 2. The van der Waals surface area contributed by atoms with Crippen LogP contribution >= 0.6 is 0 Å². The molecule has 0 rings (SSSR count). The lowest BCUT2D eigenvalue weighted by atomic mass is 10.4. The molecule has 2 amide bonds. The van der Waals surface area contributed by atoms with Gasteiger partial charge in [0.25, 0.3) is 6.43 Å². The van der Waals surface area contributed by atoms with Crippen molar-refractivity contribution < 1.29 is 23.5 Å². The first kappa shape index (κ1) is 12.7. The molecular formula is C6H11F2N3O3. The largest absolute Gasteiger partial charge is 0.395 e. The third-order valence-electron chi connectivity index (χ3n) is 1.34. The van der Waals surface area contributed by atoms with Crippen molar-refractivity contribution in [2.75, 3.05) is 19.7 Å². The third-order valence-corrected chi connectivity index (χ3v) is 1.34. The number of alkyl halides is 2. The van der Waals surface area contributed by atoms with Crippen molar-refractivity contribution in [2.24, 2.45) is 5.84 Å². The minimum Gasteiger partial charge on any atom is -0.395 e. The van der Waals surface area contributed by atoms with Crippen molar-refractivity contribution in [3.05, 3.63) is 0 Å². The first-order chi connectivity index (χ1) is 6.52. The second-order valence-electron chi connectivity index (χ2n) is 2.34. The number of nitrogens with two attached hydrogens (primary N) is 1. The molecule has 0 aromatic carbocycles. The average molecular weight is 211 g/mol. The number of hydrogen-bond donors (Lipinski definition) is 3. The van der Waals surface area contributed by atoms with E-state index in [4.69, 9.17) is 5.11 Å². The molecule has 6 nitrogen and oxygen atoms in total. The minimum atomic E-state index is -2.77. The van der Waals surface area contributed by atoms with Crippen molar-refractivity contribution in [2.45, 2.75) is 6.43 Å². The van der Waals surface area contributed by atoms with Gasteiger partial charge in [-0.25, -0.2) is 14.6 Å². The van der Waals surface area contributed by atoms with Gasteiger partial charge in [-0.15, -0.1) is 0 Å². The number of rotatable bonds is 4. The summed E-state index contributed by atoms with van der Waals surface area (Å²) in [6, 6.07) is 0. The van der Waals surface area contributed by atoms with Gasteiger partial charge in [-0.05, 0) is 0 Å². The molecule has 14 heavy (non-hydrogen) atoms. The molecule has 0 atom stereocenters. The zero-order valence-electron chi connectivity index (χ0n) is 7.24. The summed E-state index contributed by atoms with van der Waals surface area (Å²) in [6.45, 7) is -1.75. The molecule has 0 spiro atoms. The topological polar surface area (TPSA) is 95.7 Å². The molecule has 0 heterocycles. The van der Waals surface area contributed by atoms with Crippen molar-refractivity contribution in [1.82, 2.24) is 10.3 Å². The van der Waals surface area contributed by atoms with Gasteiger partial charge >= 0.3 is 11.8 Å². The maximum atomic E-state index is 11.9. The highest BCUT2D eigenvalue weighted by atomic mass is 19.3. The summed E-state index contributed by atoms with van der Waals surface area (Å²) >= 11 is 0. The SMILES string of the molecule is NNC(=O)C(=O)N(CCO)CC(F)F. The number of hydrazine groups is 1. The Morgan fingerprint density at radius 1 is 1.50 bits per heavy atom. The molecular weight excluding hydrogens is 200 g/mol. The lowest BCUT2D eigenvalue weighted by molar-refractivity contribution is -0.147. The molecule has 0 unspecified atom stereocenters. The zero-order chi connectivity index (χ0) is 11.1. The van der Waals surface area contributed by atoms with Crippen LogP contribution in [0.15, 0.2) is 0 Å². The number of nitrogens with zero attached hydrogens (tertiary/aromatic N) is 1. The zero-order valence-corrected chi connectivity index (χ0v) is 7.24. The highest BCUT2D eigenvalue weighted by Gasteiger charge is 2.23. The van der Waals surface area contributed by atoms with E-state index in [-0.39, 0.29) is 6.54 Å². The summed E-state index contributed by atoms with van der Waals surface area (Å²) in [6.07, 6.45) is -2.77. The summed E-state index contributed by atoms with van der Waals surface area (Å²) in [4.78, 5) is 22.2. The van der Waals surface area contributed by atoms with E-state index in [1.54, 1.807) is 0 Å². The Kier molecular flexibility index (Phi) is 5.65. The average Bonchev–Trinajstić information content (AvgIpc) is 2.14. The Bertz CT molecular complexity index is 212. The molecule has 0 aliphatic heterocycles. The van der Waals surface area contributed by atoms with E-state index in [0.717, 1.165) is 0 Å². The van der Waals surface area contributed by atoms with E-state index >= 15 is 0 Å². The summed E-state index contributed by atoms with van der Waals surface area (Å²) in [5.41, 5.74) is 1.52. The van der Waals surface area contributed by atoms with Crippen LogP contribution < -0.4 is 11.3 Å². The molecule has 0 aromatic heterocycles. The predicted molar refractivity (Wildman–Crippen MR) is 42.0 cm³/mol. The fraction of sp³-hybridized carbons (Fsp3) is 0.667. The van der Waals surface area contributed by atoms with Crippen LogP contribution in [0.25, 0.3) is 0 Å². The standard InChI is InChI=1S/C6H11F2N3O3/c7-4(8)3-11(1-2-12)6(14)5(13)10-9/h4,12H,1-3,9H2,(H,10,13). The van der Waals surface area contributed by atoms with Gasteiger partial charge in [-0.3, -0.25) is 15.0 Å². The van der Waals surface area contributed by atoms with Crippen LogP contribution in [0.5, 0.6) is 0 Å². The van der Waals surface area contributed by atoms with E-state index in [1.165, 1.54) is 5.43 Å². The number of aliphatic hydroxyl groups excluding tert-OH is 1. The van der Waals surface area contributed by atoms with Crippen LogP contribution in [0.1, 0.15) is 0 Å². The predicted octanol–water partition coefficient (Wildman–Crippen LogP) is -1.94. The smallest absolute Gasteiger partial charge is 0.323 e. The molecule has 0 fully saturated rings. The van der Waals surface area contributed by atoms with Gasteiger partial charge < -0.3 is 10.0 Å². The Balaban J connectivity index is 4.32. The number of hydrogen-bond acceptors (Lipinski definition) is 4. The highest BCUT2D eigenvalue weighted by molar-refractivity contribution is 6.34. The summed E-state index contributed by atoms with van der Waals surface area (Å²) in [5.74, 6) is 2.25. The Hall–Kier alpha value is -1.28. The Morgan fingerprint density at radius 3 is 2.43 bits per heavy atom. The van der Waals surface area contributed by atoms with Gasteiger partial charge in [0.2, 0.25) is 0 Å². The van der Waals surface area contributed by atoms with Gasteiger partial charge in [0, 0.05) is 6.54 Å². The van der Waals surface area contributed by atoms with Crippen LogP contribution in [-0.2, 0) is 9.59 Å². The summed E-state index contributed by atoms with van der Waals surface area (Å²) < 4.78 is 23.8. The van der Waals surface area contributed by atoms with Gasteiger partial charge in [-0.2, -0.15) is 0 Å². The summed E-state index contributed by atoms with van der Waals surface area (Å²) in [7, 11) is 0. The molecule has 0 aliphatic carbocycles. The number of amides is 2. The summed E-state index contributed by atoms with van der Waals surface area (Å²) in [5, 5.41) is 8.45. The van der Waals surface area contributed by atoms with E-state index in [0.29, 0.717) is 4.90 Å². The van der Waals surface area contributed by atoms with Crippen molar-refractivity contribution >= 4 is 11.8 Å². The number of nitrogens with one attached hydrogen (secondary N) is 1. The number of aliphatic hydroxyl groups is 1. The third kappa shape index (κ3) is 4.10. The lowest BCUT2D eigenvalue weighted by Gasteiger charge is -2.19. The molecule has 0 aromatic rings. The molecule has 0 aliphatic rings. The number of carbonyl (C=O) groups excluding carboxylic acids is 2. The Labute approximate surface area is 78.6 Å². The van der Waals surface area contributed by atoms with E-state index in [9.17, 15) is 18.4 Å². The van der Waals surface area contributed by atoms with Gasteiger partial charge in [0.1, 0.15) is 0 Å². The molecule has 8 heteroatoms. The Morgan fingerprint density at radius 2 is 2.07 bits per heavy atom. The van der Waals surface area contributed by atoms with E-state index in [2.05, 4.69) is 5.84 Å². The van der Waals surface area contributed by atoms with Gasteiger partial charge in [-0.1, -0.05) is 0 Å². The number of carbonyl (C=O) groups is 2. The quantitative estimate of drug-likeness (QED) is 0.218. The first-order valence-electron chi connectivity index (χ1n) is 3.71. The van der Waals surface area contributed by atoms with Crippen LogP contribution in [0.2, 0.25) is 0 Å². The van der Waals surface area contributed by atoms with Crippen LogP contribution in [0.4, 0.5) is 8.78 Å².